The van der Waals surface area contributed by atoms with Crippen molar-refractivity contribution in [3.05, 3.63) is 34.4 Å². The molecule has 0 unspecified atom stereocenters. The summed E-state index contributed by atoms with van der Waals surface area (Å²) in [6, 6.07) is 4.32. The van der Waals surface area contributed by atoms with E-state index in [1.54, 1.807) is 0 Å². The lowest BCUT2D eigenvalue weighted by Gasteiger charge is -1.94. The minimum Gasteiger partial charge on any atom is -0.381 e. The summed E-state index contributed by atoms with van der Waals surface area (Å²) >= 11 is 0. The van der Waals surface area contributed by atoms with Crippen molar-refractivity contribution in [3.63, 3.8) is 0 Å². The van der Waals surface area contributed by atoms with E-state index in [1.807, 2.05) is 0 Å². The van der Waals surface area contributed by atoms with Gasteiger partial charge in [0.2, 0.25) is 0 Å². The highest BCUT2D eigenvalue weighted by Gasteiger charge is 2.11. The Morgan fingerprint density at radius 2 is 1.67 bits per heavy atom. The molecule has 0 N–H and O–H groups in total. The maximum atomic E-state index is 10.7. The van der Waals surface area contributed by atoms with Crippen LogP contribution in [0, 0.1) is 10.1 Å². The quantitative estimate of drug-likeness (QED) is 0.474. The molecule has 1 aromatic rings. The Kier molecular flexibility index (Phi) is 5.52. The first-order valence-corrected chi connectivity index (χ1v) is 7.49. The molecular formula is C10H12ClNO5S. The molecule has 0 bridgehead atoms. The monoisotopic (exact) mass is 293 g/mol. The summed E-state index contributed by atoms with van der Waals surface area (Å²) in [5.74, 6) is 0. The molecule has 1 aliphatic heterocycles. The smallest absolute Gasteiger partial charge is 0.269 e. The highest BCUT2D eigenvalue weighted by atomic mass is 35.7. The predicted octanol–water partition coefficient (Wildman–Crippen LogP) is 2.32. The third kappa shape index (κ3) is 4.99. The van der Waals surface area contributed by atoms with Gasteiger partial charge in [0.15, 0.2) is 0 Å². The van der Waals surface area contributed by atoms with Crippen LogP contribution in [0.5, 0.6) is 0 Å². The van der Waals surface area contributed by atoms with E-state index in [0.717, 1.165) is 37.5 Å². The fraction of sp³-hybridized carbons (Fsp3) is 0.400. The molecule has 1 heterocycles. The van der Waals surface area contributed by atoms with Gasteiger partial charge in [-0.2, -0.15) is 0 Å². The lowest BCUT2D eigenvalue weighted by atomic mass is 10.3. The standard InChI is InChI=1S/C6H4ClNO4S.C4H8O/c7-13(11,12)6-3-1-5(2-4-6)8(9)10;1-2-4-5-3-1/h1-4H;1-4H2. The van der Waals surface area contributed by atoms with Crippen molar-refractivity contribution in [3.8, 4) is 0 Å². The zero-order chi connectivity index (χ0) is 13.6. The molecule has 100 valence electrons. The lowest BCUT2D eigenvalue weighted by molar-refractivity contribution is -0.384. The van der Waals surface area contributed by atoms with Crippen molar-refractivity contribution in [1.29, 1.82) is 0 Å². The molecular weight excluding hydrogens is 282 g/mol. The molecule has 2 rings (SSSR count). The summed E-state index contributed by atoms with van der Waals surface area (Å²) in [5.41, 5.74) is -0.177. The number of non-ortho nitro benzene ring substituents is 1. The van der Waals surface area contributed by atoms with E-state index < -0.39 is 14.0 Å². The molecule has 0 saturated carbocycles. The SMILES string of the molecule is C1CCOC1.O=[N+]([O-])c1ccc(S(=O)(=O)Cl)cc1. The van der Waals surface area contributed by atoms with Crippen molar-refractivity contribution < 1.29 is 18.1 Å². The Labute approximate surface area is 109 Å². The van der Waals surface area contributed by atoms with Crippen molar-refractivity contribution >= 4 is 25.4 Å². The van der Waals surface area contributed by atoms with Gasteiger partial charge in [0.1, 0.15) is 0 Å². The van der Waals surface area contributed by atoms with Gasteiger partial charge in [-0.05, 0) is 25.0 Å². The van der Waals surface area contributed by atoms with Gasteiger partial charge >= 0.3 is 0 Å². The zero-order valence-electron chi connectivity index (χ0n) is 9.41. The van der Waals surface area contributed by atoms with Gasteiger partial charge in [-0.1, -0.05) is 0 Å². The van der Waals surface area contributed by atoms with Gasteiger partial charge in [-0.25, -0.2) is 8.42 Å². The number of nitro groups is 1. The van der Waals surface area contributed by atoms with E-state index in [2.05, 4.69) is 0 Å². The van der Waals surface area contributed by atoms with Crippen LogP contribution in [-0.2, 0) is 13.8 Å². The zero-order valence-corrected chi connectivity index (χ0v) is 11.0. The Hall–Kier alpha value is -1.18. The molecule has 1 aliphatic rings. The van der Waals surface area contributed by atoms with Gasteiger partial charge in [-0.15, -0.1) is 0 Å². The molecule has 8 heteroatoms. The molecule has 1 fully saturated rings. The first kappa shape index (κ1) is 14.9. The van der Waals surface area contributed by atoms with Gasteiger partial charge in [0.05, 0.1) is 9.82 Å². The van der Waals surface area contributed by atoms with E-state index in [4.69, 9.17) is 15.4 Å². The van der Waals surface area contributed by atoms with E-state index in [0.29, 0.717) is 0 Å². The average Bonchev–Trinajstić information content (AvgIpc) is 2.86. The van der Waals surface area contributed by atoms with Crippen LogP contribution >= 0.6 is 10.7 Å². The topological polar surface area (TPSA) is 86.5 Å². The number of nitro benzene ring substituents is 1. The molecule has 6 nitrogen and oxygen atoms in total. The molecule has 18 heavy (non-hydrogen) atoms. The Bertz CT molecular complexity index is 488. The van der Waals surface area contributed by atoms with Gasteiger partial charge in [0, 0.05) is 36.0 Å². The van der Waals surface area contributed by atoms with Crippen LogP contribution in [0.2, 0.25) is 0 Å². The number of rotatable bonds is 2. The number of hydrogen-bond donors (Lipinski definition) is 0. The predicted molar refractivity (Wildman–Crippen MR) is 66.2 cm³/mol. The van der Waals surface area contributed by atoms with Crippen LogP contribution in [0.4, 0.5) is 5.69 Å². The van der Waals surface area contributed by atoms with Gasteiger partial charge < -0.3 is 4.74 Å². The maximum Gasteiger partial charge on any atom is 0.269 e. The molecule has 0 radical (unpaired) electrons. The van der Waals surface area contributed by atoms with Gasteiger partial charge in [-0.3, -0.25) is 10.1 Å². The van der Waals surface area contributed by atoms with Crippen molar-refractivity contribution in [2.75, 3.05) is 13.2 Å². The van der Waals surface area contributed by atoms with Crippen molar-refractivity contribution in [2.45, 2.75) is 17.7 Å². The molecule has 0 spiro atoms. The largest absolute Gasteiger partial charge is 0.381 e. The van der Waals surface area contributed by atoms with E-state index in [1.165, 1.54) is 12.8 Å². The maximum absolute atomic E-state index is 10.7. The highest BCUT2D eigenvalue weighted by Crippen LogP contribution is 2.18. The second-order valence-corrected chi connectivity index (χ2v) is 6.07. The number of ether oxygens (including phenoxy) is 1. The van der Waals surface area contributed by atoms with Crippen molar-refractivity contribution in [2.24, 2.45) is 0 Å². The number of hydrogen-bond acceptors (Lipinski definition) is 5. The second-order valence-electron chi connectivity index (χ2n) is 3.51. The van der Waals surface area contributed by atoms with Crippen LogP contribution in [0.25, 0.3) is 0 Å². The number of benzene rings is 1. The van der Waals surface area contributed by atoms with E-state index in [-0.39, 0.29) is 10.6 Å². The van der Waals surface area contributed by atoms with Crippen LogP contribution < -0.4 is 0 Å². The first-order valence-electron chi connectivity index (χ1n) is 5.18. The Balaban J connectivity index is 0.000000269. The third-order valence-corrected chi connectivity index (χ3v) is 3.53. The molecule has 0 aliphatic carbocycles. The summed E-state index contributed by atoms with van der Waals surface area (Å²) < 4.78 is 26.4. The molecule has 1 aromatic carbocycles. The highest BCUT2D eigenvalue weighted by molar-refractivity contribution is 8.13. The Morgan fingerprint density at radius 1 is 1.17 bits per heavy atom. The number of halogens is 1. The summed E-state index contributed by atoms with van der Waals surface area (Å²) in [7, 11) is 1.20. The minimum absolute atomic E-state index is 0.153. The third-order valence-electron chi connectivity index (χ3n) is 2.16. The summed E-state index contributed by atoms with van der Waals surface area (Å²) in [4.78, 5) is 9.41. The van der Waals surface area contributed by atoms with Crippen LogP contribution in [0.3, 0.4) is 0 Å². The summed E-state index contributed by atoms with van der Waals surface area (Å²) in [5, 5.41) is 10.2. The van der Waals surface area contributed by atoms with Gasteiger partial charge in [0.25, 0.3) is 14.7 Å². The normalized spacial score (nSPS) is 14.7. The second kappa shape index (κ2) is 6.67. The number of nitrogens with zero attached hydrogens (tertiary/aromatic N) is 1. The van der Waals surface area contributed by atoms with Crippen LogP contribution in [0.1, 0.15) is 12.8 Å². The summed E-state index contributed by atoms with van der Waals surface area (Å²) in [6.07, 6.45) is 2.56. The van der Waals surface area contributed by atoms with Crippen molar-refractivity contribution in [1.82, 2.24) is 0 Å². The lowest BCUT2D eigenvalue weighted by Crippen LogP contribution is -1.92. The fourth-order valence-corrected chi connectivity index (χ4v) is 2.01. The summed E-state index contributed by atoms with van der Waals surface area (Å²) in [6.45, 7) is 2.00. The fourth-order valence-electron chi connectivity index (χ4n) is 1.24. The molecule has 0 atom stereocenters. The van der Waals surface area contributed by atoms with Crippen LogP contribution in [-0.4, -0.2) is 26.6 Å². The average molecular weight is 294 g/mol. The molecule has 1 saturated heterocycles. The van der Waals surface area contributed by atoms with E-state index in [9.17, 15) is 18.5 Å². The Morgan fingerprint density at radius 3 is 1.94 bits per heavy atom. The molecule has 0 amide bonds. The minimum atomic E-state index is -3.80. The molecule has 0 aromatic heterocycles. The first-order chi connectivity index (χ1) is 8.41. The van der Waals surface area contributed by atoms with Crippen LogP contribution in [0.15, 0.2) is 29.2 Å². The van der Waals surface area contributed by atoms with E-state index >= 15 is 0 Å².